The molecule has 0 aliphatic rings. The van der Waals surface area contributed by atoms with Crippen LogP contribution in [0.2, 0.25) is 5.02 Å². The number of nitrogens with zero attached hydrogens (tertiary/aromatic N) is 3. The van der Waals surface area contributed by atoms with E-state index in [1.165, 1.54) is 23.5 Å². The molecule has 2 aromatic heterocycles. The van der Waals surface area contributed by atoms with Gasteiger partial charge in [0, 0.05) is 17.4 Å². The third kappa shape index (κ3) is 4.83. The van der Waals surface area contributed by atoms with E-state index in [9.17, 15) is 9.18 Å². The molecule has 0 bridgehead atoms. The number of amides is 1. The highest BCUT2D eigenvalue weighted by Gasteiger charge is 2.15. The van der Waals surface area contributed by atoms with Crippen LogP contribution >= 0.6 is 34.7 Å². The maximum Gasteiger partial charge on any atom is 0.225 e. The zero-order valence-electron chi connectivity index (χ0n) is 16.1. The second-order valence-corrected chi connectivity index (χ2v) is 9.20. The van der Waals surface area contributed by atoms with Crippen LogP contribution in [0.3, 0.4) is 0 Å². The first-order valence-electron chi connectivity index (χ1n) is 9.30. The highest BCUT2D eigenvalue weighted by molar-refractivity contribution is 7.99. The van der Waals surface area contributed by atoms with Crippen molar-refractivity contribution in [3.63, 3.8) is 0 Å². The van der Waals surface area contributed by atoms with Crippen LogP contribution < -0.4 is 5.32 Å². The number of rotatable bonds is 7. The predicted molar refractivity (Wildman–Crippen MR) is 121 cm³/mol. The number of aromatic nitrogens is 3. The van der Waals surface area contributed by atoms with Crippen LogP contribution in [0.25, 0.3) is 15.3 Å². The summed E-state index contributed by atoms with van der Waals surface area (Å²) in [5, 5.41) is 8.64. The molecule has 0 spiro atoms. The minimum atomic E-state index is -0.249. The number of halogens is 2. The number of aryl methyl sites for hydroxylation is 1. The van der Waals surface area contributed by atoms with Crippen LogP contribution in [0, 0.1) is 12.7 Å². The average molecular weight is 461 g/mol. The molecule has 0 atom stereocenters. The standard InChI is InChI=1S/C21H18ClFN4OS2/c1-13-12-18(24-19(28)6-3-11-29-15-9-7-14(23)8-10-15)27(26-13)21-25-20-16(22)4-2-5-17(20)30-21/h2,4-5,7-10,12H,3,6,11H2,1H3,(H,24,28). The first-order chi connectivity index (χ1) is 14.5. The molecule has 9 heteroatoms. The summed E-state index contributed by atoms with van der Waals surface area (Å²) < 4.78 is 15.5. The van der Waals surface area contributed by atoms with Gasteiger partial charge in [0.25, 0.3) is 0 Å². The third-order valence-corrected chi connectivity index (χ3v) is 6.67. The quantitative estimate of drug-likeness (QED) is 0.267. The molecule has 1 amide bonds. The SMILES string of the molecule is Cc1cc(NC(=O)CCCSc2ccc(F)cc2)n(-c2nc3c(Cl)cccc3s2)n1. The molecular formula is C21H18ClFN4OS2. The normalized spacial score (nSPS) is 11.2. The molecular weight excluding hydrogens is 443 g/mol. The lowest BCUT2D eigenvalue weighted by molar-refractivity contribution is -0.116. The summed E-state index contributed by atoms with van der Waals surface area (Å²) in [5.41, 5.74) is 1.50. The van der Waals surface area contributed by atoms with Crippen molar-refractivity contribution < 1.29 is 9.18 Å². The number of thioether (sulfide) groups is 1. The Bertz CT molecular complexity index is 1190. The van der Waals surface area contributed by atoms with E-state index >= 15 is 0 Å². The van der Waals surface area contributed by atoms with Gasteiger partial charge in [-0.3, -0.25) is 4.79 Å². The number of para-hydroxylation sites is 1. The average Bonchev–Trinajstić information content (AvgIpc) is 3.31. The second kappa shape index (κ2) is 9.16. The fourth-order valence-electron chi connectivity index (χ4n) is 2.89. The Morgan fingerprint density at radius 3 is 2.83 bits per heavy atom. The summed E-state index contributed by atoms with van der Waals surface area (Å²) in [5.74, 6) is 1.02. The van der Waals surface area contributed by atoms with Gasteiger partial charge in [-0.15, -0.1) is 11.8 Å². The zero-order chi connectivity index (χ0) is 21.1. The van der Waals surface area contributed by atoms with Gasteiger partial charge in [-0.1, -0.05) is 29.0 Å². The van der Waals surface area contributed by atoms with Gasteiger partial charge in [-0.2, -0.15) is 9.78 Å². The van der Waals surface area contributed by atoms with Gasteiger partial charge in [-0.05, 0) is 55.5 Å². The summed E-state index contributed by atoms with van der Waals surface area (Å²) in [6.07, 6.45) is 1.09. The maximum atomic E-state index is 12.9. The molecule has 0 saturated carbocycles. The lowest BCUT2D eigenvalue weighted by Crippen LogP contribution is -2.14. The number of hydrogen-bond acceptors (Lipinski definition) is 5. The number of fused-ring (bicyclic) bond motifs is 1. The van der Waals surface area contributed by atoms with Gasteiger partial charge >= 0.3 is 0 Å². The highest BCUT2D eigenvalue weighted by Crippen LogP contribution is 2.31. The summed E-state index contributed by atoms with van der Waals surface area (Å²) in [6, 6.07) is 13.8. The van der Waals surface area contributed by atoms with E-state index in [0.717, 1.165) is 26.6 Å². The molecule has 5 nitrogen and oxygen atoms in total. The summed E-state index contributed by atoms with van der Waals surface area (Å²) in [7, 11) is 0. The van der Waals surface area contributed by atoms with Crippen LogP contribution in [-0.2, 0) is 4.79 Å². The van der Waals surface area contributed by atoms with Crippen LogP contribution in [-0.4, -0.2) is 26.4 Å². The van der Waals surface area contributed by atoms with Gasteiger partial charge < -0.3 is 5.32 Å². The van der Waals surface area contributed by atoms with E-state index in [2.05, 4.69) is 15.4 Å². The summed E-state index contributed by atoms with van der Waals surface area (Å²) in [6.45, 7) is 1.87. The molecule has 30 heavy (non-hydrogen) atoms. The fraction of sp³-hybridized carbons (Fsp3) is 0.190. The van der Waals surface area contributed by atoms with Crippen molar-refractivity contribution in [1.82, 2.24) is 14.8 Å². The van der Waals surface area contributed by atoms with Gasteiger partial charge in [0.1, 0.15) is 17.2 Å². The fourth-order valence-corrected chi connectivity index (χ4v) is 4.97. The Morgan fingerprint density at radius 2 is 2.07 bits per heavy atom. The maximum absolute atomic E-state index is 12.9. The van der Waals surface area contributed by atoms with Crippen molar-refractivity contribution >= 4 is 56.6 Å². The first kappa shape index (κ1) is 20.8. The lowest BCUT2D eigenvalue weighted by atomic mass is 10.3. The van der Waals surface area contributed by atoms with Crippen molar-refractivity contribution in [2.75, 3.05) is 11.1 Å². The van der Waals surface area contributed by atoms with E-state index in [1.807, 2.05) is 25.1 Å². The largest absolute Gasteiger partial charge is 0.311 e. The predicted octanol–water partition coefficient (Wildman–Crippen LogP) is 6.09. The van der Waals surface area contributed by atoms with Gasteiger partial charge in [0.15, 0.2) is 0 Å². The molecule has 0 fully saturated rings. The van der Waals surface area contributed by atoms with Crippen LogP contribution in [0.15, 0.2) is 53.4 Å². The summed E-state index contributed by atoms with van der Waals surface area (Å²) in [4.78, 5) is 18.0. The number of anilines is 1. The smallest absolute Gasteiger partial charge is 0.225 e. The van der Waals surface area contributed by atoms with Crippen molar-refractivity contribution in [1.29, 1.82) is 0 Å². The van der Waals surface area contributed by atoms with Crippen LogP contribution in [0.5, 0.6) is 0 Å². The number of benzene rings is 2. The van der Waals surface area contributed by atoms with Crippen molar-refractivity contribution in [3.05, 3.63) is 65.1 Å². The molecule has 1 N–H and O–H groups in total. The Labute approximate surface area is 186 Å². The van der Waals surface area contributed by atoms with E-state index in [4.69, 9.17) is 11.6 Å². The van der Waals surface area contributed by atoms with Gasteiger partial charge in [0.05, 0.1) is 15.4 Å². The number of nitrogens with one attached hydrogen (secondary N) is 1. The molecule has 0 saturated heterocycles. The Kier molecular flexibility index (Phi) is 6.36. The van der Waals surface area contributed by atoms with Crippen molar-refractivity contribution in [2.24, 2.45) is 0 Å². The molecule has 4 aromatic rings. The minimum Gasteiger partial charge on any atom is -0.311 e. The van der Waals surface area contributed by atoms with E-state index in [1.54, 1.807) is 34.6 Å². The molecule has 4 rings (SSSR count). The number of hydrogen-bond donors (Lipinski definition) is 1. The topological polar surface area (TPSA) is 59.8 Å². The van der Waals surface area contributed by atoms with Crippen molar-refractivity contribution in [2.45, 2.75) is 24.7 Å². The molecule has 2 aromatic carbocycles. The van der Waals surface area contributed by atoms with Crippen LogP contribution in [0.4, 0.5) is 10.2 Å². The third-order valence-electron chi connectivity index (χ3n) is 4.27. The Morgan fingerprint density at radius 1 is 1.27 bits per heavy atom. The Hall–Kier alpha value is -2.42. The zero-order valence-corrected chi connectivity index (χ0v) is 18.5. The lowest BCUT2D eigenvalue weighted by Gasteiger charge is -2.06. The molecule has 2 heterocycles. The summed E-state index contributed by atoms with van der Waals surface area (Å²) >= 11 is 9.30. The molecule has 0 radical (unpaired) electrons. The van der Waals surface area contributed by atoms with E-state index in [0.29, 0.717) is 28.8 Å². The number of thiazole rings is 1. The van der Waals surface area contributed by atoms with Crippen molar-refractivity contribution in [3.8, 4) is 5.13 Å². The molecule has 154 valence electrons. The van der Waals surface area contributed by atoms with E-state index in [-0.39, 0.29) is 11.7 Å². The van der Waals surface area contributed by atoms with Gasteiger partial charge in [-0.25, -0.2) is 9.37 Å². The second-order valence-electron chi connectivity index (χ2n) is 6.62. The van der Waals surface area contributed by atoms with Gasteiger partial charge in [0.2, 0.25) is 11.0 Å². The highest BCUT2D eigenvalue weighted by atomic mass is 35.5. The van der Waals surface area contributed by atoms with Crippen LogP contribution in [0.1, 0.15) is 18.5 Å². The number of carbonyl (C=O) groups excluding carboxylic acids is 1. The molecule has 0 unspecified atom stereocenters. The Balaban J connectivity index is 1.39. The number of carbonyl (C=O) groups is 1. The monoisotopic (exact) mass is 460 g/mol. The molecule has 0 aliphatic heterocycles. The van der Waals surface area contributed by atoms with E-state index < -0.39 is 0 Å². The minimum absolute atomic E-state index is 0.0880. The molecule has 0 aliphatic carbocycles. The first-order valence-corrected chi connectivity index (χ1v) is 11.5.